The summed E-state index contributed by atoms with van der Waals surface area (Å²) in [4.78, 5) is 4.69. The average molecular weight is 520 g/mol. The van der Waals surface area contributed by atoms with Gasteiger partial charge in [-0.15, -0.1) is 34.2 Å². The third-order valence-corrected chi connectivity index (χ3v) is 4.62. The Labute approximate surface area is 195 Å². The van der Waals surface area contributed by atoms with E-state index < -0.39 is 0 Å². The van der Waals surface area contributed by atoms with Crippen LogP contribution in [0.25, 0.3) is 0 Å². The first-order chi connectivity index (χ1) is 14.1. The summed E-state index contributed by atoms with van der Waals surface area (Å²) in [6, 6.07) is 20.2. The molecule has 3 rings (SSSR count). The van der Waals surface area contributed by atoms with Gasteiger partial charge in [0, 0.05) is 7.05 Å². The van der Waals surface area contributed by atoms with Crippen molar-refractivity contribution >= 4 is 29.9 Å². The molecule has 0 amide bonds. The second-order valence-electron chi connectivity index (χ2n) is 6.75. The maximum atomic E-state index is 5.76. The highest BCUT2D eigenvalue weighted by Gasteiger charge is 2.09. The van der Waals surface area contributed by atoms with E-state index in [0.717, 1.165) is 17.4 Å². The molecule has 3 aromatic rings. The van der Waals surface area contributed by atoms with Gasteiger partial charge in [0.15, 0.2) is 11.8 Å². The molecule has 0 radical (unpaired) electrons. The molecule has 0 aliphatic heterocycles. The molecule has 0 saturated heterocycles. The predicted octanol–water partition coefficient (Wildman–Crippen LogP) is 3.62. The number of ether oxygens (including phenoxy) is 1. The van der Waals surface area contributed by atoms with Crippen LogP contribution in [0, 0.1) is 6.92 Å². The van der Waals surface area contributed by atoms with Crippen LogP contribution in [0.2, 0.25) is 0 Å². The van der Waals surface area contributed by atoms with E-state index >= 15 is 0 Å². The van der Waals surface area contributed by atoms with Crippen LogP contribution >= 0.6 is 24.0 Å². The molecular formula is C22H29IN6O. The van der Waals surface area contributed by atoms with Crippen molar-refractivity contribution in [1.29, 1.82) is 0 Å². The number of aryl methyl sites for hydroxylation is 1. The summed E-state index contributed by atoms with van der Waals surface area (Å²) in [7, 11) is 1.95. The molecule has 0 aliphatic rings. The van der Waals surface area contributed by atoms with Crippen LogP contribution < -0.4 is 15.4 Å². The molecule has 0 aliphatic carbocycles. The number of halogens is 1. The van der Waals surface area contributed by atoms with E-state index in [4.69, 9.17) is 9.73 Å². The Kier molecular flexibility index (Phi) is 9.59. The number of aromatic nitrogens is 3. The van der Waals surface area contributed by atoms with Crippen molar-refractivity contribution in [2.45, 2.75) is 26.4 Å². The number of nitrogens with zero attached hydrogens (tertiary/aromatic N) is 4. The number of guanidine groups is 1. The molecule has 1 heterocycles. The lowest BCUT2D eigenvalue weighted by molar-refractivity contribution is 0.321. The number of nitrogens with one attached hydrogen (secondary N) is 2. The molecule has 8 heteroatoms. The Morgan fingerprint density at radius 3 is 2.37 bits per heavy atom. The normalized spacial score (nSPS) is 12.0. The molecular weight excluding hydrogens is 491 g/mol. The van der Waals surface area contributed by atoms with Gasteiger partial charge in [-0.2, -0.15) is 0 Å². The Bertz CT molecular complexity index is 914. The largest absolute Gasteiger partial charge is 0.492 e. The van der Waals surface area contributed by atoms with Crippen molar-refractivity contribution in [2.75, 3.05) is 13.2 Å². The van der Waals surface area contributed by atoms with Gasteiger partial charge in [0.2, 0.25) is 0 Å². The van der Waals surface area contributed by atoms with E-state index in [0.29, 0.717) is 25.7 Å². The molecule has 1 aromatic heterocycles. The average Bonchev–Trinajstić information content (AvgIpc) is 3.08. The van der Waals surface area contributed by atoms with E-state index in [1.165, 1.54) is 5.56 Å². The van der Waals surface area contributed by atoms with Crippen molar-refractivity contribution in [3.05, 3.63) is 77.9 Å². The monoisotopic (exact) mass is 520 g/mol. The minimum absolute atomic E-state index is 0. The number of benzene rings is 2. The molecule has 0 saturated carbocycles. The third kappa shape index (κ3) is 7.01. The molecule has 0 spiro atoms. The summed E-state index contributed by atoms with van der Waals surface area (Å²) in [5.41, 5.74) is 1.19. The zero-order valence-corrected chi connectivity index (χ0v) is 19.9. The van der Waals surface area contributed by atoms with Crippen molar-refractivity contribution < 1.29 is 4.74 Å². The van der Waals surface area contributed by atoms with Gasteiger partial charge < -0.3 is 19.9 Å². The molecule has 1 unspecified atom stereocenters. The summed E-state index contributed by atoms with van der Waals surface area (Å²) in [6.07, 6.45) is 0. The molecule has 2 aromatic carbocycles. The zero-order chi connectivity index (χ0) is 20.5. The predicted molar refractivity (Wildman–Crippen MR) is 130 cm³/mol. The van der Waals surface area contributed by atoms with Crippen LogP contribution in [-0.2, 0) is 13.6 Å². The lowest BCUT2D eigenvalue weighted by atomic mass is 10.1. The van der Waals surface area contributed by atoms with Crippen LogP contribution in [0.3, 0.4) is 0 Å². The number of aliphatic imine (C=N–C) groups is 1. The van der Waals surface area contributed by atoms with Gasteiger partial charge in [-0.05, 0) is 31.5 Å². The Morgan fingerprint density at radius 2 is 1.73 bits per heavy atom. The van der Waals surface area contributed by atoms with Crippen molar-refractivity contribution in [2.24, 2.45) is 12.0 Å². The molecule has 0 fully saturated rings. The maximum absolute atomic E-state index is 5.76. The fourth-order valence-corrected chi connectivity index (χ4v) is 2.78. The van der Waals surface area contributed by atoms with Gasteiger partial charge >= 0.3 is 0 Å². The molecule has 30 heavy (non-hydrogen) atoms. The van der Waals surface area contributed by atoms with Crippen molar-refractivity contribution in [3.63, 3.8) is 0 Å². The summed E-state index contributed by atoms with van der Waals surface area (Å²) in [6.45, 7) is 5.64. The van der Waals surface area contributed by atoms with Crippen LogP contribution in [0.1, 0.15) is 30.2 Å². The SMILES string of the molecule is Cc1nnc(CN=C(NCCOc2ccccc2)NC(C)c2ccccc2)n1C.I. The maximum Gasteiger partial charge on any atom is 0.192 e. The summed E-state index contributed by atoms with van der Waals surface area (Å²) in [5, 5.41) is 15.1. The first kappa shape index (κ1) is 23.7. The van der Waals surface area contributed by atoms with Crippen LogP contribution in [0.15, 0.2) is 65.7 Å². The van der Waals surface area contributed by atoms with Gasteiger partial charge in [0.05, 0.1) is 12.6 Å². The number of rotatable bonds is 8. The van der Waals surface area contributed by atoms with E-state index in [1.54, 1.807) is 0 Å². The summed E-state index contributed by atoms with van der Waals surface area (Å²) in [5.74, 6) is 3.25. The summed E-state index contributed by atoms with van der Waals surface area (Å²) >= 11 is 0. The van der Waals surface area contributed by atoms with Gasteiger partial charge in [-0.3, -0.25) is 0 Å². The van der Waals surface area contributed by atoms with Crippen molar-refractivity contribution in [1.82, 2.24) is 25.4 Å². The highest BCUT2D eigenvalue weighted by molar-refractivity contribution is 14.0. The van der Waals surface area contributed by atoms with E-state index in [-0.39, 0.29) is 30.0 Å². The lowest BCUT2D eigenvalue weighted by Gasteiger charge is -2.19. The number of hydrogen-bond donors (Lipinski definition) is 2. The third-order valence-electron chi connectivity index (χ3n) is 4.62. The molecule has 160 valence electrons. The van der Waals surface area contributed by atoms with Crippen LogP contribution in [0.4, 0.5) is 0 Å². The Balaban J connectivity index is 0.00000320. The fraction of sp³-hybridized carbons (Fsp3) is 0.318. The fourth-order valence-electron chi connectivity index (χ4n) is 2.78. The van der Waals surface area contributed by atoms with Gasteiger partial charge in [0.25, 0.3) is 0 Å². The zero-order valence-electron chi connectivity index (χ0n) is 17.6. The highest BCUT2D eigenvalue weighted by atomic mass is 127. The first-order valence-corrected chi connectivity index (χ1v) is 9.76. The summed E-state index contributed by atoms with van der Waals surface area (Å²) < 4.78 is 7.70. The highest BCUT2D eigenvalue weighted by Crippen LogP contribution is 2.11. The molecule has 7 nitrogen and oxygen atoms in total. The van der Waals surface area contributed by atoms with Gasteiger partial charge in [-0.25, -0.2) is 4.99 Å². The minimum atomic E-state index is 0. The number of hydrogen-bond acceptors (Lipinski definition) is 4. The smallest absolute Gasteiger partial charge is 0.192 e. The van der Waals surface area contributed by atoms with Crippen molar-refractivity contribution in [3.8, 4) is 5.75 Å². The minimum Gasteiger partial charge on any atom is -0.492 e. The van der Waals surface area contributed by atoms with Crippen LogP contribution in [0.5, 0.6) is 5.75 Å². The standard InChI is InChI=1S/C22H28N6O.HI/c1-17(19-10-6-4-7-11-19)25-22(24-16-21-27-26-18(2)28(21)3)23-14-15-29-20-12-8-5-9-13-20;/h4-13,17H,14-16H2,1-3H3,(H2,23,24,25);1H. The first-order valence-electron chi connectivity index (χ1n) is 9.76. The van der Waals surface area contributed by atoms with E-state index in [2.05, 4.69) is 39.9 Å². The molecule has 1 atom stereocenters. The van der Waals surface area contributed by atoms with Gasteiger partial charge in [-0.1, -0.05) is 48.5 Å². The van der Waals surface area contributed by atoms with Gasteiger partial charge in [0.1, 0.15) is 24.7 Å². The second kappa shape index (κ2) is 12.2. The van der Waals surface area contributed by atoms with E-state index in [1.807, 2.05) is 67.1 Å². The second-order valence-corrected chi connectivity index (χ2v) is 6.75. The van der Waals surface area contributed by atoms with Crippen LogP contribution in [-0.4, -0.2) is 33.9 Å². The molecule has 2 N–H and O–H groups in total. The lowest BCUT2D eigenvalue weighted by Crippen LogP contribution is -2.40. The van der Waals surface area contributed by atoms with E-state index in [9.17, 15) is 0 Å². The Morgan fingerprint density at radius 1 is 1.07 bits per heavy atom. The topological polar surface area (TPSA) is 76.4 Å². The quantitative estimate of drug-likeness (QED) is 0.206. The Hall–Kier alpha value is -2.62. The number of para-hydroxylation sites is 1. The molecule has 0 bridgehead atoms.